The summed E-state index contributed by atoms with van der Waals surface area (Å²) in [7, 11) is 0. The molecule has 2 aromatic carbocycles. The molecule has 0 saturated carbocycles. The fourth-order valence-electron chi connectivity index (χ4n) is 3.11. The number of hydrogen-bond donors (Lipinski definition) is 3. The van der Waals surface area contributed by atoms with Gasteiger partial charge in [0.25, 0.3) is 0 Å². The van der Waals surface area contributed by atoms with Gasteiger partial charge in [0, 0.05) is 17.8 Å². The predicted molar refractivity (Wildman–Crippen MR) is 123 cm³/mol. The standard InChI is InChI=1S/C23H20ClNO6S/c1-12-6-7-17(16(8-12)13(2)26)25-10-14-4-3-5-15(9-14)21-19(24)20(31-11-18(27)28)22(32-21)23(29)30/h3-9,25H,10-11H2,1-2H3,(H,27,28)(H,29,30). The summed E-state index contributed by atoms with van der Waals surface area (Å²) < 4.78 is 5.13. The van der Waals surface area contributed by atoms with Gasteiger partial charge in [-0.2, -0.15) is 0 Å². The average molecular weight is 474 g/mol. The summed E-state index contributed by atoms with van der Waals surface area (Å²) in [6.45, 7) is 3.16. The van der Waals surface area contributed by atoms with Gasteiger partial charge in [0.15, 0.2) is 23.0 Å². The van der Waals surface area contributed by atoms with Crippen LogP contribution in [0.3, 0.4) is 0 Å². The molecule has 1 aromatic heterocycles. The minimum atomic E-state index is -1.25. The molecular weight excluding hydrogens is 454 g/mol. The molecule has 0 aliphatic heterocycles. The number of carboxylic acid groups (broad SMARTS) is 2. The van der Waals surface area contributed by atoms with E-state index in [0.717, 1.165) is 28.2 Å². The highest BCUT2D eigenvalue weighted by Crippen LogP contribution is 2.45. The zero-order valence-electron chi connectivity index (χ0n) is 17.3. The lowest BCUT2D eigenvalue weighted by Crippen LogP contribution is -2.10. The van der Waals surface area contributed by atoms with Crippen molar-refractivity contribution in [3.63, 3.8) is 0 Å². The molecule has 3 rings (SSSR count). The first kappa shape index (κ1) is 23.3. The van der Waals surface area contributed by atoms with E-state index in [1.54, 1.807) is 6.07 Å². The molecule has 3 aromatic rings. The fraction of sp³-hybridized carbons (Fsp3) is 0.174. The highest BCUT2D eigenvalue weighted by atomic mass is 35.5. The minimum Gasteiger partial charge on any atom is -0.479 e. The number of ketones is 1. The molecule has 0 saturated heterocycles. The number of anilines is 1. The molecule has 0 atom stereocenters. The number of benzene rings is 2. The lowest BCUT2D eigenvalue weighted by Gasteiger charge is -2.12. The van der Waals surface area contributed by atoms with Crippen molar-refractivity contribution in [2.45, 2.75) is 20.4 Å². The van der Waals surface area contributed by atoms with Crippen LogP contribution in [-0.2, 0) is 11.3 Å². The van der Waals surface area contributed by atoms with Crippen LogP contribution in [0.4, 0.5) is 5.69 Å². The Bertz CT molecular complexity index is 1200. The van der Waals surface area contributed by atoms with Gasteiger partial charge >= 0.3 is 11.9 Å². The van der Waals surface area contributed by atoms with Gasteiger partial charge in [0.05, 0.1) is 4.88 Å². The Morgan fingerprint density at radius 1 is 1.12 bits per heavy atom. The molecule has 0 radical (unpaired) electrons. The first-order valence-corrected chi connectivity index (χ1v) is 10.7. The molecule has 3 N–H and O–H groups in total. The molecule has 0 amide bonds. The molecule has 0 aliphatic rings. The topological polar surface area (TPSA) is 113 Å². The summed E-state index contributed by atoms with van der Waals surface area (Å²) in [5, 5.41) is 21.6. The Kier molecular flexibility index (Phi) is 7.17. The number of carbonyl (C=O) groups is 3. The van der Waals surface area contributed by atoms with Crippen molar-refractivity contribution in [3.8, 4) is 16.2 Å². The van der Waals surface area contributed by atoms with Crippen LogP contribution in [-0.4, -0.2) is 34.5 Å². The van der Waals surface area contributed by atoms with Gasteiger partial charge in [-0.05, 0) is 43.2 Å². The van der Waals surface area contributed by atoms with Gasteiger partial charge in [-0.3, -0.25) is 4.79 Å². The fourth-order valence-corrected chi connectivity index (χ4v) is 4.51. The van der Waals surface area contributed by atoms with E-state index < -0.39 is 18.5 Å². The zero-order chi connectivity index (χ0) is 23.4. The van der Waals surface area contributed by atoms with Crippen molar-refractivity contribution >= 4 is 46.3 Å². The Hall–Kier alpha value is -3.36. The van der Waals surface area contributed by atoms with Crippen molar-refractivity contribution in [2.24, 2.45) is 0 Å². The van der Waals surface area contributed by atoms with Crippen LogP contribution in [0.5, 0.6) is 5.75 Å². The van der Waals surface area contributed by atoms with E-state index in [4.69, 9.17) is 21.4 Å². The maximum Gasteiger partial charge on any atom is 0.349 e. The second-order valence-corrected chi connectivity index (χ2v) is 8.45. The minimum absolute atomic E-state index is 0.0367. The average Bonchev–Trinajstić information content (AvgIpc) is 3.08. The van der Waals surface area contributed by atoms with Gasteiger partial charge in [-0.25, -0.2) is 9.59 Å². The summed E-state index contributed by atoms with van der Waals surface area (Å²) in [6, 6.07) is 12.9. The number of ether oxygens (including phenoxy) is 1. The molecular formula is C23H20ClNO6S. The third kappa shape index (κ3) is 5.27. The Morgan fingerprint density at radius 2 is 1.88 bits per heavy atom. The summed E-state index contributed by atoms with van der Waals surface area (Å²) in [5.41, 5.74) is 3.87. The Morgan fingerprint density at radius 3 is 2.53 bits per heavy atom. The van der Waals surface area contributed by atoms with Gasteiger partial charge in [-0.15, -0.1) is 11.3 Å². The number of halogens is 1. The lowest BCUT2D eigenvalue weighted by molar-refractivity contribution is -0.139. The molecule has 0 bridgehead atoms. The highest BCUT2D eigenvalue weighted by Gasteiger charge is 2.24. The summed E-state index contributed by atoms with van der Waals surface area (Å²) in [4.78, 5) is 34.6. The summed E-state index contributed by atoms with van der Waals surface area (Å²) in [6.07, 6.45) is 0. The monoisotopic (exact) mass is 473 g/mol. The van der Waals surface area contributed by atoms with Gasteiger partial charge in [0.2, 0.25) is 0 Å². The normalized spacial score (nSPS) is 10.6. The van der Waals surface area contributed by atoms with Gasteiger partial charge < -0.3 is 20.3 Å². The molecule has 32 heavy (non-hydrogen) atoms. The molecule has 1 heterocycles. The van der Waals surface area contributed by atoms with Crippen LogP contribution >= 0.6 is 22.9 Å². The SMILES string of the molecule is CC(=O)c1cc(C)ccc1NCc1cccc(-c2sc(C(=O)O)c(OCC(=O)O)c2Cl)c1. The van der Waals surface area contributed by atoms with Crippen LogP contribution in [0.15, 0.2) is 42.5 Å². The number of thiophene rings is 1. The van der Waals surface area contributed by atoms with Crippen LogP contribution in [0.25, 0.3) is 10.4 Å². The predicted octanol–water partition coefficient (Wildman–Crippen LogP) is 5.35. The van der Waals surface area contributed by atoms with E-state index >= 15 is 0 Å². The number of hydrogen-bond acceptors (Lipinski definition) is 6. The quantitative estimate of drug-likeness (QED) is 0.359. The van der Waals surface area contributed by atoms with Crippen molar-refractivity contribution in [3.05, 3.63) is 69.1 Å². The number of aromatic carboxylic acids is 1. The number of carboxylic acids is 2. The number of aryl methyl sites for hydroxylation is 1. The van der Waals surface area contributed by atoms with Crippen LogP contribution in [0.1, 0.15) is 38.1 Å². The van der Waals surface area contributed by atoms with Gasteiger partial charge in [-0.1, -0.05) is 41.4 Å². The van der Waals surface area contributed by atoms with Gasteiger partial charge in [0.1, 0.15) is 5.02 Å². The highest BCUT2D eigenvalue weighted by molar-refractivity contribution is 7.18. The van der Waals surface area contributed by atoms with E-state index in [0.29, 0.717) is 22.5 Å². The number of nitrogens with one attached hydrogen (secondary N) is 1. The van der Waals surface area contributed by atoms with Crippen LogP contribution in [0, 0.1) is 6.92 Å². The maximum absolute atomic E-state index is 11.9. The number of rotatable bonds is 9. The second-order valence-electron chi connectivity index (χ2n) is 7.05. The largest absolute Gasteiger partial charge is 0.479 e. The lowest BCUT2D eigenvalue weighted by atomic mass is 10.1. The summed E-state index contributed by atoms with van der Waals surface area (Å²) >= 11 is 7.28. The Balaban J connectivity index is 1.88. The molecule has 0 spiro atoms. The third-order valence-electron chi connectivity index (χ3n) is 4.57. The van der Waals surface area contributed by atoms with Crippen molar-refractivity contribution in [1.82, 2.24) is 0 Å². The molecule has 0 fully saturated rings. The number of Topliss-reactive ketones (excluding diaryl/α,β-unsaturated/α-hetero) is 1. The van der Waals surface area contributed by atoms with Crippen molar-refractivity contribution < 1.29 is 29.3 Å². The van der Waals surface area contributed by atoms with Crippen molar-refractivity contribution in [2.75, 3.05) is 11.9 Å². The van der Waals surface area contributed by atoms with E-state index in [9.17, 15) is 19.5 Å². The third-order valence-corrected chi connectivity index (χ3v) is 6.25. The first-order valence-electron chi connectivity index (χ1n) is 9.52. The van der Waals surface area contributed by atoms with E-state index in [1.807, 2.05) is 43.3 Å². The van der Waals surface area contributed by atoms with E-state index in [1.165, 1.54) is 6.92 Å². The summed E-state index contributed by atoms with van der Waals surface area (Å²) in [5.74, 6) is -2.68. The smallest absolute Gasteiger partial charge is 0.349 e. The molecule has 9 heteroatoms. The molecule has 166 valence electrons. The number of aliphatic carboxylic acids is 1. The molecule has 0 aliphatic carbocycles. The second kappa shape index (κ2) is 9.84. The number of carbonyl (C=O) groups excluding carboxylic acids is 1. The maximum atomic E-state index is 11.9. The van der Waals surface area contributed by atoms with E-state index in [2.05, 4.69) is 5.32 Å². The van der Waals surface area contributed by atoms with E-state index in [-0.39, 0.29) is 21.4 Å². The first-order chi connectivity index (χ1) is 15.2. The van der Waals surface area contributed by atoms with Crippen LogP contribution in [0.2, 0.25) is 5.02 Å². The molecule has 7 nitrogen and oxygen atoms in total. The zero-order valence-corrected chi connectivity index (χ0v) is 18.8. The van der Waals surface area contributed by atoms with Crippen molar-refractivity contribution in [1.29, 1.82) is 0 Å². The Labute approximate surface area is 193 Å². The molecule has 0 unspecified atom stereocenters. The van der Waals surface area contributed by atoms with Crippen LogP contribution < -0.4 is 10.1 Å².